The molecule has 2 N–H and O–H groups in total. The molecular formula is CH5B2FNP. The van der Waals surface area contributed by atoms with Crippen LogP contribution in [0.5, 0.6) is 0 Å². The summed E-state index contributed by atoms with van der Waals surface area (Å²) in [6, 6.07) is 0. The van der Waals surface area contributed by atoms with Gasteiger partial charge in [0.2, 0.25) is 0 Å². The van der Waals surface area contributed by atoms with Crippen molar-refractivity contribution in [1.82, 2.24) is 0 Å². The lowest BCUT2D eigenvalue weighted by molar-refractivity contribution is 0.932. The van der Waals surface area contributed by atoms with E-state index in [9.17, 15) is 4.20 Å². The van der Waals surface area contributed by atoms with E-state index in [1.54, 1.807) is 0 Å². The minimum Gasteiger partial charge on any atom is -0.364 e. The molecule has 0 spiro atoms. The van der Waals surface area contributed by atoms with E-state index >= 15 is 0 Å². The average molecular weight is 103 g/mol. The molecule has 0 aliphatic heterocycles. The summed E-state index contributed by atoms with van der Waals surface area (Å²) in [6.45, 7) is -0.426. The number of rotatable bonds is 2. The minimum atomic E-state index is -0.716. The highest BCUT2D eigenvalue weighted by atomic mass is 31.1. The molecule has 0 bridgehead atoms. The number of halogens is 1. The third-order valence-corrected chi connectivity index (χ3v) is 0.910. The topological polar surface area (TPSA) is 26.0 Å². The first-order chi connectivity index (χ1) is 2.81. The molecule has 0 heterocycles. The van der Waals surface area contributed by atoms with Gasteiger partial charge < -0.3 is 5.64 Å². The summed E-state index contributed by atoms with van der Waals surface area (Å²) < 4.78 is 11.2. The Bertz CT molecular complexity index is 32.7. The van der Waals surface area contributed by atoms with E-state index in [0.29, 0.717) is 0 Å². The van der Waals surface area contributed by atoms with Crippen LogP contribution in [-0.4, -0.2) is 14.4 Å². The van der Waals surface area contributed by atoms with Gasteiger partial charge in [-0.2, -0.15) is 0 Å². The van der Waals surface area contributed by atoms with Crippen molar-refractivity contribution >= 4 is 23.2 Å². The van der Waals surface area contributed by atoms with Gasteiger partial charge >= 0.3 is 0 Å². The Balaban J connectivity index is 2.75. The maximum Gasteiger partial charge on any atom is 0.273 e. The van der Waals surface area contributed by atoms with Gasteiger partial charge in [-0.05, 0) is 0 Å². The maximum absolute atomic E-state index is 11.2. The first-order valence-electron chi connectivity index (χ1n) is 1.63. The van der Waals surface area contributed by atoms with Crippen LogP contribution in [0.4, 0.5) is 4.20 Å². The number of hydrogen-bond acceptors (Lipinski definition) is 1. The van der Waals surface area contributed by atoms with Crippen molar-refractivity contribution in [2.45, 2.75) is 6.22 Å². The van der Waals surface area contributed by atoms with Crippen LogP contribution < -0.4 is 5.64 Å². The maximum atomic E-state index is 11.2. The Morgan fingerprint density at radius 2 is 2.50 bits per heavy atom. The molecule has 0 aliphatic carbocycles. The van der Waals surface area contributed by atoms with Crippen LogP contribution in [0.3, 0.4) is 0 Å². The highest BCUT2D eigenvalue weighted by Gasteiger charge is 2.00. The van der Waals surface area contributed by atoms with Crippen molar-refractivity contribution in [3.63, 3.8) is 0 Å². The molecule has 32 valence electrons. The monoisotopic (exact) mass is 103 g/mol. The SMILES string of the molecule is [B]CB(N)PF. The summed E-state index contributed by atoms with van der Waals surface area (Å²) in [6.07, 6.45) is 0.245. The normalized spacial score (nSPS) is 10.3. The first-order valence-corrected chi connectivity index (χ1v) is 2.58. The van der Waals surface area contributed by atoms with E-state index in [-0.39, 0.29) is 6.22 Å². The Hall–Kier alpha value is 0.450. The predicted molar refractivity (Wildman–Crippen MR) is 29.9 cm³/mol. The molecule has 1 unspecified atom stereocenters. The summed E-state index contributed by atoms with van der Waals surface area (Å²) in [5.41, 5.74) is 4.98. The lowest BCUT2D eigenvalue weighted by Gasteiger charge is -1.90. The molecule has 0 rings (SSSR count). The Morgan fingerprint density at radius 3 is 2.50 bits per heavy atom. The predicted octanol–water partition coefficient (Wildman–Crippen LogP) is 0.122. The third-order valence-electron chi connectivity index (χ3n) is 0.394. The molecule has 0 fully saturated rings. The molecule has 0 saturated heterocycles. The molecule has 1 atom stereocenters. The fourth-order valence-electron chi connectivity index (χ4n) is 0.0445. The van der Waals surface area contributed by atoms with Gasteiger partial charge in [0.25, 0.3) is 6.57 Å². The second kappa shape index (κ2) is 3.63. The van der Waals surface area contributed by atoms with Gasteiger partial charge in [0.05, 0.1) is 7.85 Å². The summed E-state index contributed by atoms with van der Waals surface area (Å²) in [4.78, 5) is 0. The fourth-order valence-corrected chi connectivity index (χ4v) is 0.134. The molecule has 0 aromatic carbocycles. The Morgan fingerprint density at radius 1 is 2.00 bits per heavy atom. The molecular weight excluding hydrogens is 97.6 g/mol. The van der Waals surface area contributed by atoms with Crippen LogP contribution >= 0.6 is 8.77 Å². The largest absolute Gasteiger partial charge is 0.364 e. The average Bonchev–Trinajstić information content (AvgIpc) is 1.65. The molecule has 6 heavy (non-hydrogen) atoms. The zero-order chi connectivity index (χ0) is 4.99. The second-order valence-corrected chi connectivity index (χ2v) is 1.91. The summed E-state index contributed by atoms with van der Waals surface area (Å²) in [5, 5.41) is 0. The van der Waals surface area contributed by atoms with Crippen LogP contribution in [0.2, 0.25) is 6.22 Å². The van der Waals surface area contributed by atoms with Crippen LogP contribution in [0.25, 0.3) is 0 Å². The first kappa shape index (κ1) is 6.45. The van der Waals surface area contributed by atoms with Crippen LogP contribution in [-0.2, 0) is 0 Å². The third kappa shape index (κ3) is 2.67. The van der Waals surface area contributed by atoms with Gasteiger partial charge in [0, 0.05) is 8.77 Å². The lowest BCUT2D eigenvalue weighted by atomic mass is 9.76. The van der Waals surface area contributed by atoms with Crippen molar-refractivity contribution in [2.75, 3.05) is 0 Å². The summed E-state index contributed by atoms with van der Waals surface area (Å²) in [5.74, 6) is 0. The van der Waals surface area contributed by atoms with Crippen molar-refractivity contribution in [1.29, 1.82) is 0 Å². The fraction of sp³-hybridized carbons (Fsp3) is 1.00. The van der Waals surface area contributed by atoms with Crippen LogP contribution in [0.15, 0.2) is 0 Å². The molecule has 0 amide bonds. The van der Waals surface area contributed by atoms with Gasteiger partial charge in [-0.15, -0.1) is 0 Å². The van der Waals surface area contributed by atoms with Crippen LogP contribution in [0, 0.1) is 0 Å². The Kier molecular flexibility index (Phi) is 3.91. The van der Waals surface area contributed by atoms with Crippen molar-refractivity contribution < 1.29 is 4.20 Å². The highest BCUT2D eigenvalue weighted by Crippen LogP contribution is 2.12. The van der Waals surface area contributed by atoms with E-state index in [0.717, 1.165) is 0 Å². The quantitative estimate of drug-likeness (QED) is 0.389. The van der Waals surface area contributed by atoms with Gasteiger partial charge in [0.15, 0.2) is 0 Å². The van der Waals surface area contributed by atoms with E-state index < -0.39 is 15.3 Å². The zero-order valence-corrected chi connectivity index (χ0v) is 4.32. The van der Waals surface area contributed by atoms with E-state index in [1.807, 2.05) is 0 Å². The molecule has 5 heteroatoms. The second-order valence-electron chi connectivity index (χ2n) is 0.951. The molecule has 2 radical (unpaired) electrons. The lowest BCUT2D eigenvalue weighted by Crippen LogP contribution is -2.17. The minimum absolute atomic E-state index is 0.245. The van der Waals surface area contributed by atoms with Gasteiger partial charge in [-0.25, -0.2) is 4.20 Å². The molecule has 0 saturated carbocycles. The Labute approximate surface area is 40.2 Å². The van der Waals surface area contributed by atoms with Gasteiger partial charge in [-0.3, -0.25) is 0 Å². The van der Waals surface area contributed by atoms with Crippen molar-refractivity contribution in [2.24, 2.45) is 5.64 Å². The smallest absolute Gasteiger partial charge is 0.273 e. The van der Waals surface area contributed by atoms with Crippen molar-refractivity contribution in [3.05, 3.63) is 0 Å². The number of hydrogen-bond donors (Lipinski definition) is 1. The molecule has 0 aromatic rings. The van der Waals surface area contributed by atoms with Crippen LogP contribution in [0.1, 0.15) is 0 Å². The summed E-state index contributed by atoms with van der Waals surface area (Å²) >= 11 is 0. The standard InChI is InChI=1S/CH5B2FNP/c2-1-3(5)6-4/h6H,1,5H2. The molecule has 0 aliphatic rings. The molecule has 1 nitrogen and oxygen atoms in total. The molecule has 0 aromatic heterocycles. The van der Waals surface area contributed by atoms with Crippen molar-refractivity contribution in [3.8, 4) is 0 Å². The van der Waals surface area contributed by atoms with E-state index in [2.05, 4.69) is 0 Å². The van der Waals surface area contributed by atoms with E-state index in [1.165, 1.54) is 0 Å². The van der Waals surface area contributed by atoms with Gasteiger partial charge in [0.1, 0.15) is 0 Å². The number of nitrogens with two attached hydrogens (primary N) is 1. The summed E-state index contributed by atoms with van der Waals surface area (Å²) in [7, 11) is 4.21. The van der Waals surface area contributed by atoms with E-state index in [4.69, 9.17) is 13.5 Å². The zero-order valence-electron chi connectivity index (χ0n) is 3.32. The van der Waals surface area contributed by atoms with Gasteiger partial charge in [-0.1, -0.05) is 6.22 Å². The highest BCUT2D eigenvalue weighted by molar-refractivity contribution is 7.72.